The summed E-state index contributed by atoms with van der Waals surface area (Å²) in [7, 11) is 0. The maximum absolute atomic E-state index is 12.1. The minimum absolute atomic E-state index is 0.508. The molecule has 0 unspecified atom stereocenters. The molecule has 0 fully saturated rings. The number of pyridine rings is 1. The molecule has 0 aliphatic rings. The maximum Gasteiger partial charge on any atom is 0.573 e. The van der Waals surface area contributed by atoms with Gasteiger partial charge >= 0.3 is 12.0 Å². The van der Waals surface area contributed by atoms with Gasteiger partial charge in [0.1, 0.15) is 6.20 Å². The van der Waals surface area contributed by atoms with Crippen LogP contribution in [0, 0.1) is 10.1 Å². The predicted molar refractivity (Wildman–Crippen MR) is 52.2 cm³/mol. The average Bonchev–Trinajstić information content (AvgIpc) is 2.17. The molecule has 0 amide bonds. The van der Waals surface area contributed by atoms with Crippen molar-refractivity contribution < 1.29 is 27.6 Å². The van der Waals surface area contributed by atoms with Gasteiger partial charge in [-0.2, -0.15) is 0 Å². The molecular weight excluding hydrogens is 283 g/mol. The highest BCUT2D eigenvalue weighted by Gasteiger charge is 2.36. The Kier molecular flexibility index (Phi) is 3.60. The highest BCUT2D eigenvalue weighted by molar-refractivity contribution is 6.67. The number of anilines is 1. The Bertz CT molecular complexity index is 519. The summed E-state index contributed by atoms with van der Waals surface area (Å²) in [6.07, 6.45) is -4.69. The minimum atomic E-state index is -5.20. The Labute approximate surface area is 101 Å². The van der Waals surface area contributed by atoms with Crippen LogP contribution in [0.1, 0.15) is 10.5 Å². The summed E-state index contributed by atoms with van der Waals surface area (Å²) < 4.78 is 39.6. The topological polar surface area (TPSA) is 108 Å². The number of ether oxygens (including phenoxy) is 1. The lowest BCUT2D eigenvalue weighted by Gasteiger charge is -2.12. The number of hydrogen-bond acceptors (Lipinski definition) is 6. The number of rotatable bonds is 3. The van der Waals surface area contributed by atoms with Crippen molar-refractivity contribution in [3.63, 3.8) is 0 Å². The third-order valence-corrected chi connectivity index (χ3v) is 1.83. The summed E-state index contributed by atoms with van der Waals surface area (Å²) >= 11 is 4.97. The quantitative estimate of drug-likeness (QED) is 0.516. The SMILES string of the molecule is Nc1c([N+](=O)[O-])cnc(C(=O)Cl)c1OC(F)(F)F. The first-order valence-corrected chi connectivity index (χ1v) is 4.39. The number of carbonyl (C=O) groups excluding carboxylic acids is 1. The zero-order valence-corrected chi connectivity index (χ0v) is 8.95. The van der Waals surface area contributed by atoms with Crippen molar-refractivity contribution in [1.82, 2.24) is 4.98 Å². The molecule has 0 radical (unpaired) electrons. The highest BCUT2D eigenvalue weighted by atomic mass is 35.5. The molecule has 0 aromatic carbocycles. The van der Waals surface area contributed by atoms with E-state index < -0.39 is 39.3 Å². The largest absolute Gasteiger partial charge is 0.573 e. The van der Waals surface area contributed by atoms with Gasteiger partial charge in [-0.25, -0.2) is 4.98 Å². The summed E-state index contributed by atoms with van der Waals surface area (Å²) in [5.74, 6) is -1.29. The fraction of sp³-hybridized carbons (Fsp3) is 0.143. The van der Waals surface area contributed by atoms with Crippen LogP contribution in [0.2, 0.25) is 0 Å². The molecule has 1 aromatic heterocycles. The molecule has 0 aliphatic carbocycles. The van der Waals surface area contributed by atoms with Crippen LogP contribution in [0.4, 0.5) is 24.5 Å². The second-order valence-electron chi connectivity index (χ2n) is 2.81. The lowest BCUT2D eigenvalue weighted by Crippen LogP contribution is -2.20. The molecule has 1 aromatic rings. The van der Waals surface area contributed by atoms with E-state index >= 15 is 0 Å². The fourth-order valence-corrected chi connectivity index (χ4v) is 1.14. The first-order chi connectivity index (χ1) is 8.13. The zero-order valence-electron chi connectivity index (χ0n) is 8.19. The molecule has 0 aliphatic heterocycles. The summed E-state index contributed by atoms with van der Waals surface area (Å²) in [6.45, 7) is 0. The van der Waals surface area contributed by atoms with E-state index in [-0.39, 0.29) is 0 Å². The molecular formula is C7H3ClF3N3O4. The zero-order chi connectivity index (χ0) is 14.1. The van der Waals surface area contributed by atoms with Crippen LogP contribution in [-0.4, -0.2) is 21.5 Å². The molecule has 0 bridgehead atoms. The maximum atomic E-state index is 12.1. The first kappa shape index (κ1) is 14.0. The number of nitro groups is 1. The molecule has 1 rings (SSSR count). The van der Waals surface area contributed by atoms with E-state index in [1.807, 2.05) is 0 Å². The van der Waals surface area contributed by atoms with Crippen LogP contribution in [-0.2, 0) is 0 Å². The molecule has 0 atom stereocenters. The molecule has 1 heterocycles. The van der Waals surface area contributed by atoms with Crippen LogP contribution in [0.5, 0.6) is 5.75 Å². The van der Waals surface area contributed by atoms with E-state index in [9.17, 15) is 28.1 Å². The van der Waals surface area contributed by atoms with Crippen molar-refractivity contribution in [2.24, 2.45) is 0 Å². The lowest BCUT2D eigenvalue weighted by molar-refractivity contribution is -0.384. The van der Waals surface area contributed by atoms with Crippen LogP contribution < -0.4 is 10.5 Å². The smallest absolute Gasteiger partial charge is 0.401 e. The summed E-state index contributed by atoms with van der Waals surface area (Å²) in [5, 5.41) is 9.06. The Morgan fingerprint density at radius 1 is 1.56 bits per heavy atom. The fourth-order valence-electron chi connectivity index (χ4n) is 1.00. The van der Waals surface area contributed by atoms with E-state index in [1.54, 1.807) is 0 Å². The number of nitrogens with two attached hydrogens (primary N) is 1. The summed E-state index contributed by atoms with van der Waals surface area (Å²) in [6, 6.07) is 0. The minimum Gasteiger partial charge on any atom is -0.401 e. The van der Waals surface area contributed by atoms with Gasteiger partial charge in [0.25, 0.3) is 5.24 Å². The van der Waals surface area contributed by atoms with Crippen LogP contribution >= 0.6 is 11.6 Å². The molecule has 0 saturated carbocycles. The molecule has 7 nitrogen and oxygen atoms in total. The third kappa shape index (κ3) is 2.97. The van der Waals surface area contributed by atoms with Crippen molar-refractivity contribution in [2.75, 3.05) is 5.73 Å². The van der Waals surface area contributed by atoms with Gasteiger partial charge in [0.2, 0.25) is 0 Å². The average molecular weight is 286 g/mol. The molecule has 98 valence electrons. The van der Waals surface area contributed by atoms with E-state index in [2.05, 4.69) is 9.72 Å². The van der Waals surface area contributed by atoms with E-state index in [1.165, 1.54) is 0 Å². The number of hydrogen-bond donors (Lipinski definition) is 1. The van der Waals surface area contributed by atoms with Gasteiger partial charge < -0.3 is 10.5 Å². The standard InChI is InChI=1S/C7H3ClF3N3O4/c8-6(15)4-5(18-7(9,10)11)3(12)2(1-13-4)14(16)17/h1H,(H2,12,13). The lowest BCUT2D eigenvalue weighted by atomic mass is 10.2. The second kappa shape index (κ2) is 4.64. The molecule has 2 N–H and O–H groups in total. The van der Waals surface area contributed by atoms with Gasteiger partial charge in [-0.1, -0.05) is 0 Å². The number of nitrogens with zero attached hydrogens (tertiary/aromatic N) is 2. The van der Waals surface area contributed by atoms with E-state index in [0.717, 1.165) is 0 Å². The van der Waals surface area contributed by atoms with Gasteiger partial charge in [-0.05, 0) is 11.6 Å². The van der Waals surface area contributed by atoms with Gasteiger partial charge in [-0.15, -0.1) is 13.2 Å². The number of aromatic nitrogens is 1. The van der Waals surface area contributed by atoms with Crippen molar-refractivity contribution in [2.45, 2.75) is 6.36 Å². The predicted octanol–water partition coefficient (Wildman–Crippen LogP) is 1.85. The molecule has 0 saturated heterocycles. The molecule has 11 heteroatoms. The van der Waals surface area contributed by atoms with Gasteiger partial charge in [-0.3, -0.25) is 14.9 Å². The van der Waals surface area contributed by atoms with Crippen molar-refractivity contribution in [1.29, 1.82) is 0 Å². The molecule has 0 spiro atoms. The first-order valence-electron chi connectivity index (χ1n) is 4.02. The number of nitrogen functional groups attached to an aromatic ring is 1. The van der Waals surface area contributed by atoms with Gasteiger partial charge in [0.05, 0.1) is 4.92 Å². The Morgan fingerprint density at radius 2 is 2.11 bits per heavy atom. The van der Waals surface area contributed by atoms with Crippen LogP contribution in [0.15, 0.2) is 6.20 Å². The van der Waals surface area contributed by atoms with Crippen molar-refractivity contribution in [3.05, 3.63) is 22.0 Å². The van der Waals surface area contributed by atoms with Crippen LogP contribution in [0.25, 0.3) is 0 Å². The van der Waals surface area contributed by atoms with Crippen molar-refractivity contribution in [3.8, 4) is 5.75 Å². The Hall–Kier alpha value is -2.10. The van der Waals surface area contributed by atoms with Crippen molar-refractivity contribution >= 4 is 28.2 Å². The summed E-state index contributed by atoms with van der Waals surface area (Å²) in [4.78, 5) is 23.3. The Balaban J connectivity index is 3.45. The number of carbonyl (C=O) groups is 1. The third-order valence-electron chi connectivity index (χ3n) is 1.65. The number of halogens is 4. The second-order valence-corrected chi connectivity index (χ2v) is 3.16. The highest BCUT2D eigenvalue weighted by Crippen LogP contribution is 2.37. The van der Waals surface area contributed by atoms with Crippen LogP contribution in [0.3, 0.4) is 0 Å². The van der Waals surface area contributed by atoms with Gasteiger partial charge in [0, 0.05) is 0 Å². The normalized spacial score (nSPS) is 11.1. The van der Waals surface area contributed by atoms with E-state index in [0.29, 0.717) is 6.20 Å². The van der Waals surface area contributed by atoms with E-state index in [4.69, 9.17) is 17.3 Å². The Morgan fingerprint density at radius 3 is 2.50 bits per heavy atom. The summed E-state index contributed by atoms with van der Waals surface area (Å²) in [5.41, 5.74) is 2.23. The number of alkyl halides is 3. The monoisotopic (exact) mass is 285 g/mol. The molecule has 18 heavy (non-hydrogen) atoms. The van der Waals surface area contributed by atoms with Gasteiger partial charge in [0.15, 0.2) is 17.1 Å².